The van der Waals surface area contributed by atoms with Crippen LogP contribution in [0.2, 0.25) is 0 Å². The van der Waals surface area contributed by atoms with E-state index in [4.69, 9.17) is 0 Å². The lowest BCUT2D eigenvalue weighted by atomic mass is 10.2. The van der Waals surface area contributed by atoms with Gasteiger partial charge in [0, 0.05) is 16.9 Å². The highest BCUT2D eigenvalue weighted by molar-refractivity contribution is 9.10. The molecule has 0 fully saturated rings. The Morgan fingerprint density at radius 2 is 1.84 bits per heavy atom. The minimum absolute atomic E-state index is 0.199. The molecule has 2 aromatic heterocycles. The van der Waals surface area contributed by atoms with Crippen LogP contribution >= 0.6 is 27.3 Å². The lowest BCUT2D eigenvalue weighted by molar-refractivity contribution is 0.102. The van der Waals surface area contributed by atoms with Crippen LogP contribution in [-0.4, -0.2) is 19.3 Å². The largest absolute Gasteiger partial charge is 0.320 e. The molecule has 0 atom stereocenters. The molecule has 128 valence electrons. The summed E-state index contributed by atoms with van der Waals surface area (Å²) in [5.41, 5.74) is 0.991. The number of carbonyl (C=O) groups is 1. The fourth-order valence-corrected chi connectivity index (χ4v) is 4.46. The maximum atomic E-state index is 12.4. The van der Waals surface area contributed by atoms with Crippen LogP contribution < -0.4 is 10.0 Å². The van der Waals surface area contributed by atoms with Crippen LogP contribution in [0.5, 0.6) is 0 Å². The number of hydrogen-bond donors (Lipinski definition) is 2. The average Bonchev–Trinajstić information content (AvgIpc) is 3.12. The van der Waals surface area contributed by atoms with E-state index in [9.17, 15) is 13.2 Å². The van der Waals surface area contributed by atoms with Gasteiger partial charge in [-0.05, 0) is 45.6 Å². The van der Waals surface area contributed by atoms with Gasteiger partial charge in [-0.1, -0.05) is 18.2 Å². The van der Waals surface area contributed by atoms with E-state index in [1.165, 1.54) is 12.3 Å². The fraction of sp³-hybridized carbons (Fsp3) is 0. The van der Waals surface area contributed by atoms with Crippen molar-refractivity contribution in [2.75, 3.05) is 10.0 Å². The maximum Gasteiger partial charge on any atom is 0.271 e. The lowest BCUT2D eigenvalue weighted by Crippen LogP contribution is -2.16. The number of nitrogens with one attached hydrogen (secondary N) is 2. The number of carbonyl (C=O) groups excluding carboxylic acids is 1. The Labute approximate surface area is 157 Å². The molecule has 0 spiro atoms. The Hall–Kier alpha value is -2.23. The molecule has 25 heavy (non-hydrogen) atoms. The molecule has 3 aromatic rings. The number of benzene rings is 1. The van der Waals surface area contributed by atoms with Gasteiger partial charge in [-0.3, -0.25) is 14.5 Å². The number of para-hydroxylation sites is 2. The number of rotatable bonds is 5. The molecular formula is C16H12BrN3O3S2. The van der Waals surface area contributed by atoms with Crippen molar-refractivity contribution in [2.45, 2.75) is 4.21 Å². The van der Waals surface area contributed by atoms with Crippen molar-refractivity contribution in [1.29, 1.82) is 0 Å². The number of pyridine rings is 1. The fourth-order valence-electron chi connectivity index (χ4n) is 2.02. The molecule has 2 heterocycles. The van der Waals surface area contributed by atoms with Gasteiger partial charge in [-0.25, -0.2) is 8.42 Å². The molecule has 0 aliphatic heterocycles. The first kappa shape index (κ1) is 17.6. The van der Waals surface area contributed by atoms with E-state index in [1.807, 2.05) is 0 Å². The van der Waals surface area contributed by atoms with E-state index in [1.54, 1.807) is 48.0 Å². The van der Waals surface area contributed by atoms with Gasteiger partial charge in [-0.15, -0.1) is 11.3 Å². The third kappa shape index (κ3) is 4.25. The van der Waals surface area contributed by atoms with Crippen LogP contribution in [0.4, 0.5) is 11.4 Å². The predicted octanol–water partition coefficient (Wildman–Crippen LogP) is 3.96. The summed E-state index contributed by atoms with van der Waals surface area (Å²) in [6, 6.07) is 11.4. The van der Waals surface area contributed by atoms with Crippen LogP contribution in [0.15, 0.2) is 68.9 Å². The summed E-state index contributed by atoms with van der Waals surface area (Å²) < 4.78 is 28.1. The first-order valence-electron chi connectivity index (χ1n) is 7.03. The van der Waals surface area contributed by atoms with E-state index in [0.29, 0.717) is 15.7 Å². The van der Waals surface area contributed by atoms with Crippen molar-refractivity contribution in [3.63, 3.8) is 0 Å². The molecule has 3 rings (SSSR count). The number of amides is 1. The third-order valence-corrected chi connectivity index (χ3v) is 6.34. The Bertz CT molecular complexity index is 1000. The Morgan fingerprint density at radius 1 is 1.08 bits per heavy atom. The standard InChI is InChI=1S/C16H12BrN3O3S2/c17-12-8-11(9-18-10-12)16(21)19-13-4-1-2-5-14(13)20-25(22,23)15-6-3-7-24-15/h1-10,20H,(H,19,21). The molecule has 9 heteroatoms. The molecule has 0 saturated carbocycles. The molecule has 1 amide bonds. The molecule has 0 bridgehead atoms. The molecule has 0 aliphatic carbocycles. The summed E-state index contributed by atoms with van der Waals surface area (Å²) >= 11 is 4.38. The van der Waals surface area contributed by atoms with Crippen LogP contribution in [0.25, 0.3) is 0 Å². The summed E-state index contributed by atoms with van der Waals surface area (Å²) in [7, 11) is -3.70. The first-order valence-corrected chi connectivity index (χ1v) is 10.2. The normalized spacial score (nSPS) is 11.1. The second-order valence-electron chi connectivity index (χ2n) is 4.93. The van der Waals surface area contributed by atoms with E-state index in [2.05, 4.69) is 31.0 Å². The number of hydrogen-bond acceptors (Lipinski definition) is 5. The van der Waals surface area contributed by atoms with E-state index in [-0.39, 0.29) is 9.90 Å². The average molecular weight is 438 g/mol. The molecule has 0 radical (unpaired) electrons. The Morgan fingerprint density at radius 3 is 2.52 bits per heavy atom. The van der Waals surface area contributed by atoms with Crippen molar-refractivity contribution in [1.82, 2.24) is 4.98 Å². The smallest absolute Gasteiger partial charge is 0.271 e. The molecule has 1 aromatic carbocycles. The van der Waals surface area contributed by atoms with Crippen LogP contribution in [0.3, 0.4) is 0 Å². The summed E-state index contributed by atoms with van der Waals surface area (Å²) in [5, 5.41) is 4.38. The van der Waals surface area contributed by atoms with Crippen LogP contribution in [0.1, 0.15) is 10.4 Å². The van der Waals surface area contributed by atoms with Gasteiger partial charge in [-0.2, -0.15) is 0 Å². The summed E-state index contributed by atoms with van der Waals surface area (Å²) in [4.78, 5) is 16.3. The van der Waals surface area contributed by atoms with Crippen molar-refractivity contribution >= 4 is 54.6 Å². The second-order valence-corrected chi connectivity index (χ2v) is 8.70. The van der Waals surface area contributed by atoms with Gasteiger partial charge in [0.2, 0.25) is 0 Å². The Kier molecular flexibility index (Phi) is 5.16. The predicted molar refractivity (Wildman–Crippen MR) is 101 cm³/mol. The number of anilines is 2. The van der Waals surface area contributed by atoms with Crippen molar-refractivity contribution in [3.8, 4) is 0 Å². The van der Waals surface area contributed by atoms with Crippen molar-refractivity contribution < 1.29 is 13.2 Å². The quantitative estimate of drug-likeness (QED) is 0.631. The monoisotopic (exact) mass is 437 g/mol. The summed E-state index contributed by atoms with van der Waals surface area (Å²) in [5.74, 6) is -0.392. The zero-order chi connectivity index (χ0) is 17.9. The van der Waals surface area contributed by atoms with E-state index in [0.717, 1.165) is 11.3 Å². The summed E-state index contributed by atoms with van der Waals surface area (Å²) in [6.07, 6.45) is 3.00. The number of sulfonamides is 1. The van der Waals surface area contributed by atoms with E-state index >= 15 is 0 Å². The van der Waals surface area contributed by atoms with Gasteiger partial charge in [0.15, 0.2) is 0 Å². The van der Waals surface area contributed by atoms with Crippen molar-refractivity contribution in [3.05, 3.63) is 70.3 Å². The minimum atomic E-state index is -3.70. The highest BCUT2D eigenvalue weighted by atomic mass is 79.9. The summed E-state index contributed by atoms with van der Waals surface area (Å²) in [6.45, 7) is 0. The molecule has 2 N–H and O–H groups in total. The highest BCUT2D eigenvalue weighted by Crippen LogP contribution is 2.26. The highest BCUT2D eigenvalue weighted by Gasteiger charge is 2.18. The van der Waals surface area contributed by atoms with Crippen LogP contribution in [0, 0.1) is 0 Å². The second kappa shape index (κ2) is 7.34. The van der Waals surface area contributed by atoms with Crippen molar-refractivity contribution in [2.24, 2.45) is 0 Å². The SMILES string of the molecule is O=C(Nc1ccccc1NS(=O)(=O)c1cccs1)c1cncc(Br)c1. The maximum absolute atomic E-state index is 12.4. The number of aromatic nitrogens is 1. The van der Waals surface area contributed by atoms with Gasteiger partial charge in [0.1, 0.15) is 4.21 Å². The number of halogens is 1. The molecule has 0 unspecified atom stereocenters. The minimum Gasteiger partial charge on any atom is -0.320 e. The number of thiophene rings is 1. The zero-order valence-electron chi connectivity index (χ0n) is 12.6. The van der Waals surface area contributed by atoms with Gasteiger partial charge in [0.25, 0.3) is 15.9 Å². The van der Waals surface area contributed by atoms with E-state index < -0.39 is 15.9 Å². The van der Waals surface area contributed by atoms with Gasteiger partial charge < -0.3 is 5.32 Å². The third-order valence-electron chi connectivity index (χ3n) is 3.15. The zero-order valence-corrected chi connectivity index (χ0v) is 15.9. The molecule has 0 saturated heterocycles. The topological polar surface area (TPSA) is 88.2 Å². The lowest BCUT2D eigenvalue weighted by Gasteiger charge is -2.13. The molecule has 6 nitrogen and oxygen atoms in total. The van der Waals surface area contributed by atoms with Gasteiger partial charge in [0.05, 0.1) is 16.9 Å². The first-order chi connectivity index (χ1) is 12.0. The molecular weight excluding hydrogens is 426 g/mol. The van der Waals surface area contributed by atoms with Crippen LogP contribution in [-0.2, 0) is 10.0 Å². The Balaban J connectivity index is 1.85. The van der Waals surface area contributed by atoms with Gasteiger partial charge >= 0.3 is 0 Å². The molecule has 0 aliphatic rings. The number of nitrogens with zero attached hydrogens (tertiary/aromatic N) is 1.